The van der Waals surface area contributed by atoms with Gasteiger partial charge in [-0.25, -0.2) is 0 Å². The molecule has 0 aliphatic carbocycles. The van der Waals surface area contributed by atoms with Crippen molar-refractivity contribution in [1.29, 1.82) is 0 Å². The van der Waals surface area contributed by atoms with Crippen molar-refractivity contribution in [3.63, 3.8) is 0 Å². The van der Waals surface area contributed by atoms with Crippen molar-refractivity contribution in [1.82, 2.24) is 4.98 Å². The molecule has 2 N–H and O–H groups in total. The Hall–Kier alpha value is -0.910. The normalized spacial score (nSPS) is 22.9. The largest absolute Gasteiger partial charge is 0.484 e. The zero-order valence-corrected chi connectivity index (χ0v) is 11.4. The molecule has 2 aromatic rings. The molecule has 0 saturated carbocycles. The quantitative estimate of drug-likeness (QED) is 0.878. The van der Waals surface area contributed by atoms with E-state index in [1.165, 1.54) is 0 Å². The van der Waals surface area contributed by atoms with Crippen molar-refractivity contribution in [2.45, 2.75) is 18.6 Å². The third kappa shape index (κ3) is 2.10. The van der Waals surface area contributed by atoms with E-state index in [0.29, 0.717) is 0 Å². The Morgan fingerprint density at radius 1 is 1.47 bits per heavy atom. The summed E-state index contributed by atoms with van der Waals surface area (Å²) in [5.41, 5.74) is 9.08. The Bertz CT molecular complexity index is 529. The fourth-order valence-electron chi connectivity index (χ4n) is 2.03. The van der Waals surface area contributed by atoms with Crippen LogP contribution in [0.4, 0.5) is 0 Å². The Morgan fingerprint density at radius 3 is 3.12 bits per heavy atom. The third-order valence-electron chi connectivity index (χ3n) is 2.88. The minimum Gasteiger partial charge on any atom is -0.484 e. The first kappa shape index (κ1) is 11.2. The van der Waals surface area contributed by atoms with Gasteiger partial charge in [0, 0.05) is 28.7 Å². The molecule has 0 radical (unpaired) electrons. The molecule has 17 heavy (non-hydrogen) atoms. The SMILES string of the molecule is NC1CC(c2cncs2)Oc2cc(Br)ccc21. The van der Waals surface area contributed by atoms with Crippen LogP contribution in [0.2, 0.25) is 0 Å². The second-order valence-electron chi connectivity index (χ2n) is 4.03. The van der Waals surface area contributed by atoms with Gasteiger partial charge in [0.05, 0.1) is 10.4 Å². The number of ether oxygens (including phenoxy) is 1. The minimum atomic E-state index is 0.0268. The number of aromatic nitrogens is 1. The number of thiazole rings is 1. The van der Waals surface area contributed by atoms with Gasteiger partial charge in [0.2, 0.25) is 0 Å². The molecule has 0 amide bonds. The number of rotatable bonds is 1. The lowest BCUT2D eigenvalue weighted by Gasteiger charge is -2.29. The van der Waals surface area contributed by atoms with Gasteiger partial charge in [-0.2, -0.15) is 0 Å². The van der Waals surface area contributed by atoms with Crippen LogP contribution in [-0.4, -0.2) is 4.98 Å². The van der Waals surface area contributed by atoms with Crippen LogP contribution in [0.15, 0.2) is 34.4 Å². The van der Waals surface area contributed by atoms with Crippen molar-refractivity contribution in [2.24, 2.45) is 5.73 Å². The van der Waals surface area contributed by atoms with Gasteiger partial charge in [0.15, 0.2) is 0 Å². The maximum Gasteiger partial charge on any atom is 0.136 e. The van der Waals surface area contributed by atoms with E-state index in [2.05, 4.69) is 20.9 Å². The maximum atomic E-state index is 6.18. The van der Waals surface area contributed by atoms with Gasteiger partial charge in [0.25, 0.3) is 0 Å². The summed E-state index contributed by atoms with van der Waals surface area (Å²) >= 11 is 5.06. The molecule has 3 nitrogen and oxygen atoms in total. The van der Waals surface area contributed by atoms with Crippen molar-refractivity contribution >= 4 is 27.3 Å². The second-order valence-corrected chi connectivity index (χ2v) is 5.87. The monoisotopic (exact) mass is 310 g/mol. The molecule has 0 saturated heterocycles. The number of hydrogen-bond acceptors (Lipinski definition) is 4. The molecule has 1 aliphatic heterocycles. The van der Waals surface area contributed by atoms with E-state index in [1.807, 2.05) is 29.9 Å². The van der Waals surface area contributed by atoms with Crippen LogP contribution in [-0.2, 0) is 0 Å². The van der Waals surface area contributed by atoms with Crippen LogP contribution in [0.5, 0.6) is 5.75 Å². The highest BCUT2D eigenvalue weighted by Gasteiger charge is 2.27. The molecule has 1 aliphatic rings. The molecular weight excluding hydrogens is 300 g/mol. The summed E-state index contributed by atoms with van der Waals surface area (Å²) in [6, 6.07) is 6.02. The Kier molecular flexibility index (Phi) is 2.90. The molecule has 2 atom stereocenters. The number of halogens is 1. The molecule has 3 rings (SSSR count). The number of nitrogens with zero attached hydrogens (tertiary/aromatic N) is 1. The lowest BCUT2D eigenvalue weighted by atomic mass is 9.97. The fourth-order valence-corrected chi connectivity index (χ4v) is 3.04. The zero-order valence-electron chi connectivity index (χ0n) is 8.97. The Morgan fingerprint density at radius 2 is 2.35 bits per heavy atom. The van der Waals surface area contributed by atoms with E-state index in [-0.39, 0.29) is 12.1 Å². The van der Waals surface area contributed by atoms with Crippen molar-refractivity contribution in [2.75, 3.05) is 0 Å². The van der Waals surface area contributed by atoms with Crippen molar-refractivity contribution < 1.29 is 4.74 Å². The van der Waals surface area contributed by atoms with Crippen LogP contribution < -0.4 is 10.5 Å². The number of fused-ring (bicyclic) bond motifs is 1. The highest BCUT2D eigenvalue weighted by atomic mass is 79.9. The molecule has 1 aromatic heterocycles. The highest BCUT2D eigenvalue weighted by Crippen LogP contribution is 2.41. The van der Waals surface area contributed by atoms with Crippen LogP contribution in [0.1, 0.15) is 29.0 Å². The first-order chi connectivity index (χ1) is 8.24. The maximum absolute atomic E-state index is 6.18. The van der Waals surface area contributed by atoms with Crippen LogP contribution in [0.25, 0.3) is 0 Å². The summed E-state index contributed by atoms with van der Waals surface area (Å²) in [5, 5.41) is 0. The number of nitrogens with two attached hydrogens (primary N) is 1. The molecule has 0 spiro atoms. The molecule has 0 fully saturated rings. The molecule has 2 unspecified atom stereocenters. The molecule has 2 heterocycles. The van der Waals surface area contributed by atoms with Crippen molar-refractivity contribution in [3.8, 4) is 5.75 Å². The highest BCUT2D eigenvalue weighted by molar-refractivity contribution is 9.10. The van der Waals surface area contributed by atoms with E-state index in [9.17, 15) is 0 Å². The number of hydrogen-bond donors (Lipinski definition) is 1. The summed E-state index contributed by atoms with van der Waals surface area (Å²) in [4.78, 5) is 5.22. The Balaban J connectivity index is 1.97. The molecule has 5 heteroatoms. The summed E-state index contributed by atoms with van der Waals surface area (Å²) < 4.78 is 7.00. The van der Waals surface area contributed by atoms with Gasteiger partial charge in [-0.1, -0.05) is 22.0 Å². The smallest absolute Gasteiger partial charge is 0.136 e. The summed E-state index contributed by atoms with van der Waals surface area (Å²) in [5.74, 6) is 0.872. The first-order valence-corrected chi connectivity index (χ1v) is 7.01. The van der Waals surface area contributed by atoms with E-state index < -0.39 is 0 Å². The molecule has 1 aromatic carbocycles. The Labute approximate surface area is 112 Å². The minimum absolute atomic E-state index is 0.0268. The molecule has 0 bridgehead atoms. The van der Waals surface area contributed by atoms with Crippen molar-refractivity contribution in [3.05, 3.63) is 44.8 Å². The molecular formula is C12H11BrN2OS. The van der Waals surface area contributed by atoms with Crippen LogP contribution >= 0.6 is 27.3 Å². The predicted octanol–water partition coefficient (Wildman–Crippen LogP) is 3.43. The van der Waals surface area contributed by atoms with Gasteiger partial charge in [-0.05, 0) is 12.1 Å². The standard InChI is InChI=1S/C12H11BrN2OS/c13-7-1-2-8-9(14)4-11(16-10(8)3-7)12-5-15-6-17-12/h1-3,5-6,9,11H,4,14H2. The van der Waals surface area contributed by atoms with E-state index in [4.69, 9.17) is 10.5 Å². The average Bonchev–Trinajstić information content (AvgIpc) is 2.81. The fraction of sp³-hybridized carbons (Fsp3) is 0.250. The summed E-state index contributed by atoms with van der Waals surface area (Å²) in [7, 11) is 0. The topological polar surface area (TPSA) is 48.1 Å². The van der Waals surface area contributed by atoms with Crippen LogP contribution in [0.3, 0.4) is 0 Å². The first-order valence-electron chi connectivity index (χ1n) is 5.34. The van der Waals surface area contributed by atoms with E-state index >= 15 is 0 Å². The van der Waals surface area contributed by atoms with Gasteiger partial charge < -0.3 is 10.5 Å². The average molecular weight is 311 g/mol. The summed E-state index contributed by atoms with van der Waals surface area (Å²) in [6.45, 7) is 0. The lowest BCUT2D eigenvalue weighted by molar-refractivity contribution is 0.164. The zero-order chi connectivity index (χ0) is 11.8. The molecule has 88 valence electrons. The van der Waals surface area contributed by atoms with Gasteiger partial charge >= 0.3 is 0 Å². The van der Waals surface area contributed by atoms with Gasteiger partial charge in [-0.15, -0.1) is 11.3 Å². The summed E-state index contributed by atoms with van der Waals surface area (Å²) in [6.07, 6.45) is 2.68. The number of benzene rings is 1. The van der Waals surface area contributed by atoms with Gasteiger partial charge in [-0.3, -0.25) is 4.98 Å². The lowest BCUT2D eigenvalue weighted by Crippen LogP contribution is -2.23. The third-order valence-corrected chi connectivity index (χ3v) is 4.24. The van der Waals surface area contributed by atoms with Crippen LogP contribution in [0, 0.1) is 0 Å². The predicted molar refractivity (Wildman–Crippen MR) is 71.2 cm³/mol. The van der Waals surface area contributed by atoms with E-state index in [1.54, 1.807) is 11.3 Å². The van der Waals surface area contributed by atoms with Gasteiger partial charge in [0.1, 0.15) is 11.9 Å². The van der Waals surface area contributed by atoms with E-state index in [0.717, 1.165) is 27.1 Å². The second kappa shape index (κ2) is 4.40.